The van der Waals surface area contributed by atoms with Gasteiger partial charge in [-0.05, 0) is 30.5 Å². The maximum absolute atomic E-state index is 12.5. The quantitative estimate of drug-likeness (QED) is 0.856. The number of carbonyl (C=O) groups is 1. The summed E-state index contributed by atoms with van der Waals surface area (Å²) in [5.41, 5.74) is -0.888. The van der Waals surface area contributed by atoms with Gasteiger partial charge in [-0.2, -0.15) is 18.4 Å². The van der Waals surface area contributed by atoms with Crippen molar-refractivity contribution in [1.29, 1.82) is 5.26 Å². The van der Waals surface area contributed by atoms with Crippen LogP contribution in [0.4, 0.5) is 13.2 Å². The van der Waals surface area contributed by atoms with E-state index in [4.69, 9.17) is 5.26 Å². The molecule has 0 aliphatic rings. The highest BCUT2D eigenvalue weighted by molar-refractivity contribution is 5.82. The highest BCUT2D eigenvalue weighted by Crippen LogP contribution is 2.30. The average molecular weight is 326 g/mol. The first kappa shape index (κ1) is 19.0. The van der Waals surface area contributed by atoms with Crippen LogP contribution in [0.5, 0.6) is 0 Å². The fraction of sp³-hybridized carbons (Fsp3) is 0.529. The van der Waals surface area contributed by atoms with E-state index in [-0.39, 0.29) is 5.91 Å². The van der Waals surface area contributed by atoms with Crippen LogP contribution in [-0.4, -0.2) is 11.9 Å². The number of benzene rings is 1. The van der Waals surface area contributed by atoms with Crippen molar-refractivity contribution < 1.29 is 18.0 Å². The lowest BCUT2D eigenvalue weighted by atomic mass is 9.84. The molecule has 1 aromatic rings. The molecule has 0 fully saturated rings. The summed E-state index contributed by atoms with van der Waals surface area (Å²) in [6, 6.07) is 6.28. The normalized spacial score (nSPS) is 13.3. The van der Waals surface area contributed by atoms with Gasteiger partial charge in [-0.1, -0.05) is 39.3 Å². The summed E-state index contributed by atoms with van der Waals surface area (Å²) >= 11 is 0. The molecule has 126 valence electrons. The number of nitrogens with zero attached hydrogens (tertiary/aromatic N) is 1. The molecule has 0 radical (unpaired) electrons. The van der Waals surface area contributed by atoms with Crippen LogP contribution < -0.4 is 5.32 Å². The van der Waals surface area contributed by atoms with Gasteiger partial charge in [0.15, 0.2) is 0 Å². The first-order valence-electron chi connectivity index (χ1n) is 7.47. The van der Waals surface area contributed by atoms with Crippen molar-refractivity contribution >= 4 is 5.91 Å². The Kier molecular flexibility index (Phi) is 6.20. The van der Waals surface area contributed by atoms with Gasteiger partial charge in [0, 0.05) is 5.41 Å². The van der Waals surface area contributed by atoms with Crippen molar-refractivity contribution in [3.63, 3.8) is 0 Å². The van der Waals surface area contributed by atoms with Crippen LogP contribution in [0, 0.1) is 16.7 Å². The second-order valence-electron chi connectivity index (χ2n) is 6.20. The lowest BCUT2D eigenvalue weighted by Gasteiger charge is -2.25. The zero-order valence-corrected chi connectivity index (χ0v) is 13.5. The van der Waals surface area contributed by atoms with Crippen LogP contribution in [0.1, 0.15) is 44.7 Å². The van der Waals surface area contributed by atoms with Crippen molar-refractivity contribution in [3.8, 4) is 6.07 Å². The highest BCUT2D eigenvalue weighted by Gasteiger charge is 2.32. The Labute approximate surface area is 134 Å². The number of nitrogens with one attached hydrogen (secondary N) is 1. The maximum atomic E-state index is 12.5. The predicted molar refractivity (Wildman–Crippen MR) is 81.4 cm³/mol. The van der Waals surface area contributed by atoms with Crippen LogP contribution in [0.15, 0.2) is 24.3 Å². The van der Waals surface area contributed by atoms with Crippen molar-refractivity contribution in [2.75, 3.05) is 0 Å². The van der Waals surface area contributed by atoms with E-state index in [9.17, 15) is 18.0 Å². The third kappa shape index (κ3) is 5.59. The molecule has 0 heterocycles. The highest BCUT2D eigenvalue weighted by atomic mass is 19.4. The maximum Gasteiger partial charge on any atom is 0.416 e. The minimum absolute atomic E-state index is 0.280. The summed E-state index contributed by atoms with van der Waals surface area (Å²) in [6.45, 7) is 5.34. The Morgan fingerprint density at radius 2 is 1.83 bits per heavy atom. The Balaban J connectivity index is 2.77. The van der Waals surface area contributed by atoms with E-state index in [0.717, 1.165) is 18.6 Å². The number of alkyl halides is 3. The van der Waals surface area contributed by atoms with E-state index in [1.54, 1.807) is 13.8 Å². The zero-order chi connectivity index (χ0) is 17.7. The first-order valence-corrected chi connectivity index (χ1v) is 7.47. The molecule has 1 atom stereocenters. The summed E-state index contributed by atoms with van der Waals surface area (Å²) in [6.07, 6.45) is -2.73. The van der Waals surface area contributed by atoms with Crippen LogP contribution in [0.25, 0.3) is 0 Å². The molecular formula is C17H21F3N2O. The van der Waals surface area contributed by atoms with Gasteiger partial charge in [0.2, 0.25) is 5.91 Å². The molecule has 1 amide bonds. The number of rotatable bonds is 6. The standard InChI is InChI=1S/C17H21F3N2O/c1-4-5-14(11-21)22-15(23)16(2,3)10-12-6-8-13(9-7-12)17(18,19)20/h6-9,14H,4-5,10H2,1-3H3,(H,22,23). The zero-order valence-electron chi connectivity index (χ0n) is 13.5. The Morgan fingerprint density at radius 1 is 1.26 bits per heavy atom. The van der Waals surface area contributed by atoms with E-state index in [1.807, 2.05) is 13.0 Å². The molecule has 6 heteroatoms. The molecule has 0 aromatic heterocycles. The number of carbonyl (C=O) groups excluding carboxylic acids is 1. The number of hydrogen-bond acceptors (Lipinski definition) is 2. The van der Waals surface area contributed by atoms with Gasteiger partial charge in [0.1, 0.15) is 6.04 Å². The van der Waals surface area contributed by atoms with Crippen molar-refractivity contribution in [2.24, 2.45) is 5.41 Å². The number of hydrogen-bond donors (Lipinski definition) is 1. The first-order chi connectivity index (χ1) is 10.6. The van der Waals surface area contributed by atoms with Crippen molar-refractivity contribution in [1.82, 2.24) is 5.32 Å². The van der Waals surface area contributed by atoms with Crippen LogP contribution in [0.3, 0.4) is 0 Å². The summed E-state index contributed by atoms with van der Waals surface area (Å²) in [5, 5.41) is 11.7. The topological polar surface area (TPSA) is 52.9 Å². The second-order valence-corrected chi connectivity index (χ2v) is 6.20. The fourth-order valence-electron chi connectivity index (χ4n) is 2.21. The van der Waals surface area contributed by atoms with Gasteiger partial charge in [-0.3, -0.25) is 4.79 Å². The van der Waals surface area contributed by atoms with Crippen molar-refractivity contribution in [2.45, 2.75) is 52.3 Å². The Hall–Kier alpha value is -2.03. The molecule has 0 saturated heterocycles. The molecule has 0 aliphatic carbocycles. The van der Waals surface area contributed by atoms with Gasteiger partial charge >= 0.3 is 6.18 Å². The minimum atomic E-state index is -4.37. The van der Waals surface area contributed by atoms with E-state index in [0.29, 0.717) is 18.4 Å². The molecule has 0 bridgehead atoms. The van der Waals surface area contributed by atoms with Gasteiger partial charge in [-0.25, -0.2) is 0 Å². The SMILES string of the molecule is CCCC(C#N)NC(=O)C(C)(C)Cc1ccc(C(F)(F)F)cc1. The van der Waals surface area contributed by atoms with Gasteiger partial charge in [-0.15, -0.1) is 0 Å². The molecule has 1 rings (SSSR count). The Bertz CT molecular complexity index is 571. The van der Waals surface area contributed by atoms with E-state index < -0.39 is 23.2 Å². The second kappa shape index (κ2) is 7.49. The molecule has 1 aromatic carbocycles. The minimum Gasteiger partial charge on any atom is -0.340 e. The van der Waals surface area contributed by atoms with Crippen molar-refractivity contribution in [3.05, 3.63) is 35.4 Å². The number of halogens is 3. The molecule has 23 heavy (non-hydrogen) atoms. The van der Waals surface area contributed by atoms with Crippen LogP contribution >= 0.6 is 0 Å². The van der Waals surface area contributed by atoms with E-state index in [2.05, 4.69) is 5.32 Å². The van der Waals surface area contributed by atoms with Gasteiger partial charge in [0.25, 0.3) is 0 Å². The van der Waals surface area contributed by atoms with E-state index in [1.165, 1.54) is 12.1 Å². The summed E-state index contributed by atoms with van der Waals surface area (Å²) in [7, 11) is 0. The average Bonchev–Trinajstić information content (AvgIpc) is 2.45. The fourth-order valence-corrected chi connectivity index (χ4v) is 2.21. The largest absolute Gasteiger partial charge is 0.416 e. The summed E-state index contributed by atoms with van der Waals surface area (Å²) in [4.78, 5) is 12.3. The molecule has 0 spiro atoms. The lowest BCUT2D eigenvalue weighted by molar-refractivity contribution is -0.137. The molecule has 0 saturated carbocycles. The third-order valence-electron chi connectivity index (χ3n) is 3.58. The van der Waals surface area contributed by atoms with Gasteiger partial charge in [0.05, 0.1) is 11.6 Å². The summed E-state index contributed by atoms with van der Waals surface area (Å²) in [5.74, 6) is -0.280. The Morgan fingerprint density at radius 3 is 2.26 bits per heavy atom. The molecule has 1 N–H and O–H groups in total. The monoisotopic (exact) mass is 326 g/mol. The number of nitriles is 1. The third-order valence-corrected chi connectivity index (χ3v) is 3.58. The van der Waals surface area contributed by atoms with E-state index >= 15 is 0 Å². The molecule has 3 nitrogen and oxygen atoms in total. The van der Waals surface area contributed by atoms with Crippen LogP contribution in [-0.2, 0) is 17.4 Å². The molecule has 0 aliphatic heterocycles. The predicted octanol–water partition coefficient (Wildman–Crippen LogP) is 4.08. The van der Waals surface area contributed by atoms with Crippen LogP contribution in [0.2, 0.25) is 0 Å². The lowest BCUT2D eigenvalue weighted by Crippen LogP contribution is -2.43. The number of amides is 1. The molecular weight excluding hydrogens is 305 g/mol. The smallest absolute Gasteiger partial charge is 0.340 e. The van der Waals surface area contributed by atoms with Gasteiger partial charge < -0.3 is 5.32 Å². The summed E-state index contributed by atoms with van der Waals surface area (Å²) < 4.78 is 37.6. The molecule has 1 unspecified atom stereocenters.